The second-order valence-electron chi connectivity index (χ2n) is 7.46. The van der Waals surface area contributed by atoms with Crippen LogP contribution in [-0.4, -0.2) is 34.1 Å². The molecule has 0 saturated carbocycles. The first-order chi connectivity index (χ1) is 11.0. The summed E-state index contributed by atoms with van der Waals surface area (Å²) in [6.45, 7) is 14.6. The van der Waals surface area contributed by atoms with E-state index in [9.17, 15) is 4.79 Å². The molecule has 1 rings (SSSR count). The number of carbonyl (C=O) groups excluding carboxylic acids is 1. The molecule has 2 atom stereocenters. The molecular weight excluding hydrogens is 304 g/mol. The number of aromatic nitrogens is 2. The van der Waals surface area contributed by atoms with Crippen LogP contribution in [0.25, 0.3) is 0 Å². The SMILES string of the molecule is CCCC(CNC(=O)OC(C)(C)C)NC(C)c1c(C)nn(C)c1C. The highest BCUT2D eigenvalue weighted by atomic mass is 16.6. The quantitative estimate of drug-likeness (QED) is 0.800. The number of nitrogens with one attached hydrogen (secondary N) is 2. The zero-order valence-corrected chi connectivity index (χ0v) is 16.5. The van der Waals surface area contributed by atoms with E-state index in [0.29, 0.717) is 6.54 Å². The van der Waals surface area contributed by atoms with E-state index in [4.69, 9.17) is 4.74 Å². The van der Waals surface area contributed by atoms with E-state index in [1.54, 1.807) is 0 Å². The summed E-state index contributed by atoms with van der Waals surface area (Å²) < 4.78 is 7.22. The number of ether oxygens (including phenoxy) is 1. The molecule has 1 aromatic heterocycles. The van der Waals surface area contributed by atoms with Crippen molar-refractivity contribution in [2.75, 3.05) is 6.54 Å². The number of aryl methyl sites for hydroxylation is 2. The lowest BCUT2D eigenvalue weighted by Gasteiger charge is -2.25. The van der Waals surface area contributed by atoms with Crippen LogP contribution in [-0.2, 0) is 11.8 Å². The maximum absolute atomic E-state index is 11.9. The summed E-state index contributed by atoms with van der Waals surface area (Å²) in [4.78, 5) is 11.9. The second-order valence-corrected chi connectivity index (χ2v) is 7.46. The van der Waals surface area contributed by atoms with Crippen molar-refractivity contribution >= 4 is 6.09 Å². The number of rotatable bonds is 7. The van der Waals surface area contributed by atoms with Gasteiger partial charge in [0.1, 0.15) is 5.60 Å². The summed E-state index contributed by atoms with van der Waals surface area (Å²) in [5.74, 6) is 0. The van der Waals surface area contributed by atoms with E-state index in [1.165, 1.54) is 11.3 Å². The van der Waals surface area contributed by atoms with Gasteiger partial charge in [0.15, 0.2) is 0 Å². The Hall–Kier alpha value is -1.56. The van der Waals surface area contributed by atoms with Gasteiger partial charge in [0.25, 0.3) is 0 Å². The summed E-state index contributed by atoms with van der Waals surface area (Å²) in [5, 5.41) is 11.0. The summed E-state index contributed by atoms with van der Waals surface area (Å²) in [6.07, 6.45) is 1.66. The van der Waals surface area contributed by atoms with Crippen LogP contribution in [0.15, 0.2) is 0 Å². The summed E-state index contributed by atoms with van der Waals surface area (Å²) in [5.41, 5.74) is 2.97. The van der Waals surface area contributed by atoms with Crippen LogP contribution in [0.4, 0.5) is 4.79 Å². The van der Waals surface area contributed by atoms with E-state index >= 15 is 0 Å². The van der Waals surface area contributed by atoms with Gasteiger partial charge >= 0.3 is 6.09 Å². The third kappa shape index (κ3) is 6.15. The average Bonchev–Trinajstić information content (AvgIpc) is 2.68. The van der Waals surface area contributed by atoms with Crippen LogP contribution in [0.5, 0.6) is 0 Å². The Morgan fingerprint density at radius 3 is 2.42 bits per heavy atom. The largest absolute Gasteiger partial charge is 0.444 e. The smallest absolute Gasteiger partial charge is 0.407 e. The predicted molar refractivity (Wildman–Crippen MR) is 97.2 cm³/mol. The first-order valence-corrected chi connectivity index (χ1v) is 8.78. The minimum Gasteiger partial charge on any atom is -0.444 e. The predicted octanol–water partition coefficient (Wildman–Crippen LogP) is 3.38. The van der Waals surface area contributed by atoms with Crippen LogP contribution in [0.2, 0.25) is 0 Å². The van der Waals surface area contributed by atoms with Gasteiger partial charge in [-0.15, -0.1) is 0 Å². The molecule has 138 valence electrons. The Labute approximate surface area is 146 Å². The minimum absolute atomic E-state index is 0.177. The molecule has 2 unspecified atom stereocenters. The summed E-state index contributed by atoms with van der Waals surface area (Å²) in [6, 6.07) is 0.368. The highest BCUT2D eigenvalue weighted by Crippen LogP contribution is 2.21. The van der Waals surface area contributed by atoms with Crippen molar-refractivity contribution in [3.63, 3.8) is 0 Å². The molecular formula is C18H34N4O2. The number of alkyl carbamates (subject to hydrolysis) is 1. The molecule has 2 N–H and O–H groups in total. The molecule has 1 heterocycles. The third-order valence-electron chi connectivity index (χ3n) is 4.01. The number of hydrogen-bond donors (Lipinski definition) is 2. The third-order valence-corrected chi connectivity index (χ3v) is 4.01. The van der Waals surface area contributed by atoms with Crippen molar-refractivity contribution in [1.82, 2.24) is 20.4 Å². The van der Waals surface area contributed by atoms with Crippen LogP contribution < -0.4 is 10.6 Å². The zero-order chi connectivity index (χ0) is 18.5. The summed E-state index contributed by atoms with van der Waals surface area (Å²) >= 11 is 0. The number of hydrogen-bond acceptors (Lipinski definition) is 4. The molecule has 0 aliphatic heterocycles. The Balaban J connectivity index is 2.67. The zero-order valence-electron chi connectivity index (χ0n) is 16.5. The van der Waals surface area contributed by atoms with E-state index in [1.807, 2.05) is 39.4 Å². The van der Waals surface area contributed by atoms with E-state index in [0.717, 1.165) is 18.5 Å². The lowest BCUT2D eigenvalue weighted by atomic mass is 10.0. The fourth-order valence-electron chi connectivity index (χ4n) is 2.97. The van der Waals surface area contributed by atoms with Gasteiger partial charge in [0, 0.05) is 36.9 Å². The molecule has 0 saturated heterocycles. The van der Waals surface area contributed by atoms with Crippen molar-refractivity contribution in [1.29, 1.82) is 0 Å². The molecule has 1 aromatic rings. The molecule has 0 fully saturated rings. The fourth-order valence-corrected chi connectivity index (χ4v) is 2.97. The van der Waals surface area contributed by atoms with Gasteiger partial charge in [-0.1, -0.05) is 13.3 Å². The normalized spacial score (nSPS) is 14.3. The van der Waals surface area contributed by atoms with Crippen molar-refractivity contribution in [2.45, 2.75) is 79.0 Å². The molecule has 0 bridgehead atoms. The monoisotopic (exact) mass is 338 g/mol. The van der Waals surface area contributed by atoms with Gasteiger partial charge < -0.3 is 15.4 Å². The van der Waals surface area contributed by atoms with Gasteiger partial charge in [0.2, 0.25) is 0 Å². The Morgan fingerprint density at radius 1 is 1.33 bits per heavy atom. The first-order valence-electron chi connectivity index (χ1n) is 8.78. The van der Waals surface area contributed by atoms with Gasteiger partial charge in [-0.2, -0.15) is 5.10 Å². The first kappa shape index (κ1) is 20.5. The number of nitrogens with zero attached hydrogens (tertiary/aromatic N) is 2. The lowest BCUT2D eigenvalue weighted by molar-refractivity contribution is 0.0521. The molecule has 24 heavy (non-hydrogen) atoms. The molecule has 0 radical (unpaired) electrons. The van der Waals surface area contributed by atoms with E-state index in [2.05, 4.69) is 36.5 Å². The highest BCUT2D eigenvalue weighted by Gasteiger charge is 2.21. The lowest BCUT2D eigenvalue weighted by Crippen LogP contribution is -2.43. The molecule has 1 amide bonds. The molecule has 0 aromatic carbocycles. The van der Waals surface area contributed by atoms with Crippen LogP contribution in [0, 0.1) is 13.8 Å². The number of amides is 1. The summed E-state index contributed by atoms with van der Waals surface area (Å²) in [7, 11) is 1.96. The topological polar surface area (TPSA) is 68.2 Å². The van der Waals surface area contributed by atoms with Crippen molar-refractivity contribution in [3.05, 3.63) is 17.0 Å². The molecule has 6 nitrogen and oxygen atoms in total. The van der Waals surface area contributed by atoms with Crippen LogP contribution >= 0.6 is 0 Å². The van der Waals surface area contributed by atoms with Gasteiger partial charge in [-0.3, -0.25) is 4.68 Å². The fraction of sp³-hybridized carbons (Fsp3) is 0.778. The molecule has 6 heteroatoms. The molecule has 0 aliphatic carbocycles. The van der Waals surface area contributed by atoms with Gasteiger partial charge in [0.05, 0.1) is 5.69 Å². The maximum Gasteiger partial charge on any atom is 0.407 e. The standard InChI is InChI=1S/C18H34N4O2/c1-9-10-15(11-19-17(23)24-18(5,6)7)20-12(2)16-13(3)21-22(8)14(16)4/h12,15,20H,9-11H2,1-8H3,(H,19,23). The van der Waals surface area contributed by atoms with Crippen LogP contribution in [0.3, 0.4) is 0 Å². The Kier molecular flexibility index (Phi) is 7.27. The highest BCUT2D eigenvalue weighted by molar-refractivity contribution is 5.67. The average molecular weight is 338 g/mol. The van der Waals surface area contributed by atoms with Crippen molar-refractivity contribution in [3.8, 4) is 0 Å². The van der Waals surface area contributed by atoms with Crippen LogP contribution in [0.1, 0.15) is 70.5 Å². The van der Waals surface area contributed by atoms with Gasteiger partial charge in [-0.05, 0) is 48.0 Å². The van der Waals surface area contributed by atoms with E-state index in [-0.39, 0.29) is 18.2 Å². The second kappa shape index (κ2) is 8.51. The molecule has 0 aliphatic rings. The van der Waals surface area contributed by atoms with Crippen molar-refractivity contribution < 1.29 is 9.53 Å². The maximum atomic E-state index is 11.9. The molecule has 0 spiro atoms. The number of carbonyl (C=O) groups is 1. The van der Waals surface area contributed by atoms with Crippen molar-refractivity contribution in [2.24, 2.45) is 7.05 Å². The van der Waals surface area contributed by atoms with Gasteiger partial charge in [-0.25, -0.2) is 4.79 Å². The Bertz CT molecular complexity index is 546. The van der Waals surface area contributed by atoms with E-state index < -0.39 is 5.60 Å². The minimum atomic E-state index is -0.477. The Morgan fingerprint density at radius 2 is 1.96 bits per heavy atom.